The summed E-state index contributed by atoms with van der Waals surface area (Å²) < 4.78 is 0. The van der Waals surface area contributed by atoms with E-state index in [1.165, 1.54) is 7.05 Å². The molecule has 0 aliphatic heterocycles. The van der Waals surface area contributed by atoms with Crippen LogP contribution < -0.4 is 5.73 Å². The summed E-state index contributed by atoms with van der Waals surface area (Å²) in [6.45, 7) is 0. The van der Waals surface area contributed by atoms with E-state index in [9.17, 15) is 0 Å². The van der Waals surface area contributed by atoms with Crippen molar-refractivity contribution in [1.82, 2.24) is 0 Å². The first-order valence-corrected chi connectivity index (χ1v) is 15.8. The summed E-state index contributed by atoms with van der Waals surface area (Å²) in [5.41, 5.74) is 4.50. The third kappa shape index (κ3) is 75.4. The van der Waals surface area contributed by atoms with E-state index in [1.807, 2.05) is 0 Å². The van der Waals surface area contributed by atoms with Crippen molar-refractivity contribution in [2.45, 2.75) is 0 Å². The van der Waals surface area contributed by atoms with Gasteiger partial charge in [0.2, 0.25) is 0 Å². The molecule has 0 radical (unpaired) electrons. The molecular formula is CH5Cl4NSn. The molecule has 0 unspecified atom stereocenters. The molecule has 1 nitrogen and oxygen atoms in total. The predicted molar refractivity (Wildman–Crippen MR) is 39.3 cm³/mol. The number of halogens is 4. The van der Waals surface area contributed by atoms with E-state index in [4.69, 9.17) is 35.7 Å². The predicted octanol–water partition coefficient (Wildman–Crippen LogP) is 1.95. The first-order valence-electron chi connectivity index (χ1n) is 1.33. The van der Waals surface area contributed by atoms with Gasteiger partial charge in [-0.15, -0.1) is 0 Å². The molecule has 0 amide bonds. The van der Waals surface area contributed by atoms with Gasteiger partial charge in [-0.1, -0.05) is 0 Å². The summed E-state index contributed by atoms with van der Waals surface area (Å²) in [4.78, 5) is 0. The summed E-state index contributed by atoms with van der Waals surface area (Å²) in [6, 6.07) is 0. The molecule has 0 atom stereocenters. The Bertz CT molecular complexity index is 27.2. The van der Waals surface area contributed by atoms with Gasteiger partial charge in [0.1, 0.15) is 0 Å². The third-order valence-corrected chi connectivity index (χ3v) is 0. The molecule has 0 aromatic rings. The van der Waals surface area contributed by atoms with Crippen molar-refractivity contribution in [2.24, 2.45) is 5.73 Å². The molecule has 0 aliphatic rings. The molecule has 0 aromatic carbocycles. The Kier molecular flexibility index (Phi) is 10.1. The fraction of sp³-hybridized carbons (Fsp3) is 1.00. The average Bonchev–Trinajstić information content (AvgIpc) is 1.36. The van der Waals surface area contributed by atoms with Crippen molar-refractivity contribution < 1.29 is 0 Å². The van der Waals surface area contributed by atoms with Gasteiger partial charge in [-0.2, -0.15) is 0 Å². The van der Waals surface area contributed by atoms with E-state index >= 15 is 0 Å². The van der Waals surface area contributed by atoms with Gasteiger partial charge in [0.25, 0.3) is 0 Å². The summed E-state index contributed by atoms with van der Waals surface area (Å²) in [5, 5.41) is 0. The van der Waals surface area contributed by atoms with Crippen LogP contribution in [0, 0.1) is 0 Å². The van der Waals surface area contributed by atoms with Gasteiger partial charge >= 0.3 is 49.6 Å². The zero-order valence-corrected chi connectivity index (χ0v) is 9.47. The Labute approximate surface area is 61.8 Å². The van der Waals surface area contributed by atoms with Gasteiger partial charge in [0.05, 0.1) is 0 Å². The summed E-state index contributed by atoms with van der Waals surface area (Å²) >= 11 is -3.29. The van der Waals surface area contributed by atoms with Crippen molar-refractivity contribution in [3.8, 4) is 0 Å². The van der Waals surface area contributed by atoms with Crippen LogP contribution in [0.2, 0.25) is 0 Å². The minimum absolute atomic E-state index is 1.50. The number of hydrogen-bond donors (Lipinski definition) is 1. The summed E-state index contributed by atoms with van der Waals surface area (Å²) in [7, 11) is 21.6. The number of nitrogens with two attached hydrogens (primary N) is 1. The normalized spacial score (nSPS) is 9.43. The molecule has 2 N–H and O–H groups in total. The van der Waals surface area contributed by atoms with Crippen LogP contribution in [0.15, 0.2) is 0 Å². The quantitative estimate of drug-likeness (QED) is 0.678. The van der Waals surface area contributed by atoms with E-state index in [2.05, 4.69) is 5.73 Å². The van der Waals surface area contributed by atoms with Crippen molar-refractivity contribution in [3.05, 3.63) is 0 Å². The second-order valence-corrected chi connectivity index (χ2v) is 25.9. The fourth-order valence-corrected chi connectivity index (χ4v) is 0. The van der Waals surface area contributed by atoms with Crippen LogP contribution >= 0.6 is 35.7 Å². The molecule has 0 saturated heterocycles. The molecule has 0 rings (SSSR count). The fourth-order valence-electron chi connectivity index (χ4n) is 0. The van der Waals surface area contributed by atoms with Gasteiger partial charge < -0.3 is 5.73 Å². The van der Waals surface area contributed by atoms with Crippen molar-refractivity contribution in [3.63, 3.8) is 0 Å². The molecule has 0 aromatic heterocycles. The molecule has 0 aliphatic carbocycles. The zero-order valence-electron chi connectivity index (χ0n) is 3.59. The maximum absolute atomic E-state index is 5.04. The summed E-state index contributed by atoms with van der Waals surface area (Å²) in [6.07, 6.45) is 0. The Hall–Kier alpha value is 1.92. The van der Waals surface area contributed by atoms with Crippen LogP contribution in [0.5, 0.6) is 0 Å². The second-order valence-electron chi connectivity index (χ2n) is 0.429. The molecule has 6 heteroatoms. The molecule has 0 saturated carbocycles. The molecule has 0 spiro atoms. The van der Waals surface area contributed by atoms with Crippen LogP contribution in [0.4, 0.5) is 0 Å². The van der Waals surface area contributed by atoms with Crippen LogP contribution in [0.3, 0.4) is 0 Å². The zero-order chi connectivity index (χ0) is 6.50. The number of hydrogen-bond acceptors (Lipinski definition) is 1. The second kappa shape index (κ2) is 6.04. The van der Waals surface area contributed by atoms with Crippen molar-refractivity contribution in [2.75, 3.05) is 7.05 Å². The SMILES string of the molecule is CN.[Cl][Sn]([Cl])([Cl])[Cl]. The van der Waals surface area contributed by atoms with E-state index in [0.717, 1.165) is 0 Å². The Morgan fingerprint density at radius 3 is 1.00 bits per heavy atom. The summed E-state index contributed by atoms with van der Waals surface area (Å²) in [5.74, 6) is 0. The monoisotopic (exact) mass is 291 g/mol. The maximum atomic E-state index is 5.04. The van der Waals surface area contributed by atoms with Crippen LogP contribution in [-0.2, 0) is 0 Å². The van der Waals surface area contributed by atoms with E-state index in [-0.39, 0.29) is 0 Å². The Balaban J connectivity index is 0. The standard InChI is InChI=1S/CH5N.4ClH.Sn/c1-2;;;;;/h2H2,1H3;4*1H;/q;;;;;+4/p-4. The van der Waals surface area contributed by atoms with Gasteiger partial charge in [-0.3, -0.25) is 0 Å². The minimum atomic E-state index is -3.29. The van der Waals surface area contributed by atoms with Crippen molar-refractivity contribution in [1.29, 1.82) is 0 Å². The molecule has 7 heavy (non-hydrogen) atoms. The Morgan fingerprint density at radius 2 is 1.00 bits per heavy atom. The van der Waals surface area contributed by atoms with Gasteiger partial charge in [-0.05, 0) is 7.05 Å². The van der Waals surface area contributed by atoms with Crippen LogP contribution in [0.25, 0.3) is 0 Å². The first-order chi connectivity index (χ1) is 3.00. The van der Waals surface area contributed by atoms with E-state index < -0.39 is 13.9 Å². The molecular weight excluding hydrogens is 287 g/mol. The van der Waals surface area contributed by atoms with E-state index in [0.29, 0.717) is 0 Å². The van der Waals surface area contributed by atoms with Crippen molar-refractivity contribution >= 4 is 49.6 Å². The average molecular weight is 292 g/mol. The molecule has 46 valence electrons. The first kappa shape index (κ1) is 11.7. The van der Waals surface area contributed by atoms with Gasteiger partial charge in [0, 0.05) is 0 Å². The van der Waals surface area contributed by atoms with Crippen LogP contribution in [0.1, 0.15) is 0 Å². The molecule has 0 bridgehead atoms. The van der Waals surface area contributed by atoms with Gasteiger partial charge in [-0.25, -0.2) is 0 Å². The van der Waals surface area contributed by atoms with E-state index in [1.54, 1.807) is 0 Å². The molecule has 0 fully saturated rings. The third-order valence-electron chi connectivity index (χ3n) is 0. The van der Waals surface area contributed by atoms with Crippen LogP contribution in [-0.4, -0.2) is 20.9 Å². The topological polar surface area (TPSA) is 26.0 Å². The number of rotatable bonds is 0. The molecule has 0 heterocycles. The van der Waals surface area contributed by atoms with Gasteiger partial charge in [0.15, 0.2) is 0 Å². The Morgan fingerprint density at radius 1 is 1.00 bits per heavy atom.